The van der Waals surface area contributed by atoms with E-state index in [9.17, 15) is 0 Å². The molecule has 0 spiro atoms. The van der Waals surface area contributed by atoms with Crippen molar-refractivity contribution < 1.29 is 0 Å². The maximum absolute atomic E-state index is 6.09. The lowest BCUT2D eigenvalue weighted by Crippen LogP contribution is -2.16. The minimum Gasteiger partial charge on any atom is -0.398 e. The maximum atomic E-state index is 6.09. The lowest BCUT2D eigenvalue weighted by molar-refractivity contribution is 0.348. The maximum Gasteiger partial charge on any atom is 0.184 e. The molecule has 0 radical (unpaired) electrons. The van der Waals surface area contributed by atoms with Gasteiger partial charge in [-0.05, 0) is 66.5 Å². The van der Waals surface area contributed by atoms with Crippen molar-refractivity contribution in [2.75, 3.05) is 5.73 Å². The molecule has 0 saturated heterocycles. The van der Waals surface area contributed by atoms with Gasteiger partial charge in [0.2, 0.25) is 0 Å². The first kappa shape index (κ1) is 11.9. The number of benzene rings is 1. The number of hydrogen-bond donors (Lipinski definition) is 1. The van der Waals surface area contributed by atoms with Gasteiger partial charge >= 0.3 is 0 Å². The third kappa shape index (κ3) is 1.88. The Bertz CT molecular complexity index is 652. The second-order valence-corrected chi connectivity index (χ2v) is 6.39. The summed E-state index contributed by atoms with van der Waals surface area (Å²) in [5, 5.41) is 12.3. The number of nitrogen functional groups attached to an aromatic ring is 1. The number of tetrazole rings is 1. The Morgan fingerprint density at radius 2 is 2.15 bits per heavy atom. The van der Waals surface area contributed by atoms with Crippen LogP contribution in [0, 0.1) is 18.3 Å². The number of aryl methyl sites for hydroxylation is 1. The Kier molecular flexibility index (Phi) is 2.40. The molecule has 2 aliphatic carbocycles. The highest BCUT2D eigenvalue weighted by Crippen LogP contribution is 2.62. The Balaban J connectivity index is 1.69. The van der Waals surface area contributed by atoms with Crippen LogP contribution in [-0.4, -0.2) is 20.2 Å². The van der Waals surface area contributed by atoms with E-state index in [0.29, 0.717) is 5.41 Å². The third-order valence-electron chi connectivity index (χ3n) is 4.78. The van der Waals surface area contributed by atoms with Crippen LogP contribution in [0.2, 0.25) is 0 Å². The van der Waals surface area contributed by atoms with E-state index >= 15 is 0 Å². The zero-order valence-corrected chi connectivity index (χ0v) is 11.7. The first-order valence-electron chi connectivity index (χ1n) is 7.31. The molecular weight excluding hydrogens is 250 g/mol. The fourth-order valence-electron chi connectivity index (χ4n) is 3.22. The molecule has 2 saturated carbocycles. The molecule has 0 atom stereocenters. The van der Waals surface area contributed by atoms with E-state index in [0.717, 1.165) is 29.5 Å². The van der Waals surface area contributed by atoms with Crippen LogP contribution in [0.1, 0.15) is 31.2 Å². The van der Waals surface area contributed by atoms with E-state index < -0.39 is 0 Å². The van der Waals surface area contributed by atoms with Crippen LogP contribution in [0.15, 0.2) is 18.2 Å². The molecule has 20 heavy (non-hydrogen) atoms. The fourth-order valence-corrected chi connectivity index (χ4v) is 3.22. The largest absolute Gasteiger partial charge is 0.398 e. The zero-order valence-electron chi connectivity index (χ0n) is 11.7. The van der Waals surface area contributed by atoms with Gasteiger partial charge < -0.3 is 5.73 Å². The number of hydrogen-bond acceptors (Lipinski definition) is 4. The van der Waals surface area contributed by atoms with E-state index in [2.05, 4.69) is 28.5 Å². The van der Waals surface area contributed by atoms with Gasteiger partial charge in [0.15, 0.2) is 5.82 Å². The summed E-state index contributed by atoms with van der Waals surface area (Å²) >= 11 is 0. The lowest BCUT2D eigenvalue weighted by atomic mass is 10.0. The first-order valence-corrected chi connectivity index (χ1v) is 7.31. The Labute approximate surface area is 118 Å². The molecule has 0 bridgehead atoms. The monoisotopic (exact) mass is 269 g/mol. The second-order valence-electron chi connectivity index (χ2n) is 6.39. The van der Waals surface area contributed by atoms with Crippen LogP contribution in [0.25, 0.3) is 11.4 Å². The highest BCUT2D eigenvalue weighted by molar-refractivity contribution is 5.72. The van der Waals surface area contributed by atoms with Crippen LogP contribution >= 0.6 is 0 Å². The number of rotatable bonds is 4. The number of nitrogens with two attached hydrogens (primary N) is 1. The van der Waals surface area contributed by atoms with Gasteiger partial charge in [0.1, 0.15) is 0 Å². The van der Waals surface area contributed by atoms with Gasteiger partial charge in [0.25, 0.3) is 0 Å². The average Bonchev–Trinajstić information content (AvgIpc) is 3.32. The average molecular weight is 269 g/mol. The molecule has 2 aromatic rings. The van der Waals surface area contributed by atoms with Crippen molar-refractivity contribution >= 4 is 5.69 Å². The van der Waals surface area contributed by atoms with Crippen LogP contribution in [0.4, 0.5) is 5.69 Å². The van der Waals surface area contributed by atoms with E-state index in [1.165, 1.54) is 31.2 Å². The molecular formula is C15H19N5. The van der Waals surface area contributed by atoms with E-state index in [4.69, 9.17) is 5.73 Å². The summed E-state index contributed by atoms with van der Waals surface area (Å²) in [6.07, 6.45) is 5.40. The minimum atomic E-state index is 0.475. The predicted octanol–water partition coefficient (Wildman–Crippen LogP) is 2.42. The topological polar surface area (TPSA) is 69.6 Å². The smallest absolute Gasteiger partial charge is 0.184 e. The predicted molar refractivity (Wildman–Crippen MR) is 76.8 cm³/mol. The van der Waals surface area contributed by atoms with Crippen molar-refractivity contribution in [3.63, 3.8) is 0 Å². The fraction of sp³-hybridized carbons (Fsp3) is 0.533. The lowest BCUT2D eigenvalue weighted by Gasteiger charge is -2.15. The number of anilines is 1. The Hall–Kier alpha value is -1.91. The van der Waals surface area contributed by atoms with Crippen LogP contribution in [-0.2, 0) is 6.54 Å². The van der Waals surface area contributed by atoms with Crippen molar-refractivity contribution in [1.82, 2.24) is 20.2 Å². The summed E-state index contributed by atoms with van der Waals surface area (Å²) in [5.41, 5.74) is 9.43. The van der Waals surface area contributed by atoms with Gasteiger partial charge in [0.05, 0.1) is 6.54 Å². The molecule has 104 valence electrons. The van der Waals surface area contributed by atoms with Gasteiger partial charge in [-0.3, -0.25) is 0 Å². The molecule has 2 fully saturated rings. The number of nitrogens with zero attached hydrogens (tertiary/aromatic N) is 4. The quantitative estimate of drug-likeness (QED) is 0.865. The van der Waals surface area contributed by atoms with E-state index in [1.54, 1.807) is 0 Å². The molecule has 2 aliphatic rings. The van der Waals surface area contributed by atoms with Crippen molar-refractivity contribution in [2.24, 2.45) is 11.3 Å². The highest BCUT2D eigenvalue weighted by atomic mass is 15.5. The zero-order chi connectivity index (χ0) is 13.7. The summed E-state index contributed by atoms with van der Waals surface area (Å²) in [6.45, 7) is 3.00. The van der Waals surface area contributed by atoms with Crippen LogP contribution in [0.3, 0.4) is 0 Å². The molecule has 0 amide bonds. The molecule has 1 aromatic carbocycles. The normalized spacial score (nSPS) is 20.1. The molecule has 0 unspecified atom stereocenters. The third-order valence-corrected chi connectivity index (χ3v) is 4.78. The standard InChI is InChI=1S/C15H19N5/c1-10-2-5-13(16)12(8-10)14-17-18-19-20(14)9-15(6-7-15)11-3-4-11/h2,5,8,11H,3-4,6-7,9,16H2,1H3. The van der Waals surface area contributed by atoms with Gasteiger partial charge in [-0.25, -0.2) is 4.68 Å². The summed E-state index contributed by atoms with van der Waals surface area (Å²) in [6, 6.07) is 6.01. The summed E-state index contributed by atoms with van der Waals surface area (Å²) < 4.78 is 1.95. The SMILES string of the molecule is Cc1ccc(N)c(-c2nnnn2CC2(C3CC3)CC2)c1. The van der Waals surface area contributed by atoms with Crippen LogP contribution < -0.4 is 5.73 Å². The summed E-state index contributed by atoms with van der Waals surface area (Å²) in [7, 11) is 0. The van der Waals surface area contributed by atoms with Crippen molar-refractivity contribution in [3.8, 4) is 11.4 Å². The van der Waals surface area contributed by atoms with Gasteiger partial charge in [0, 0.05) is 11.3 Å². The number of aromatic nitrogens is 4. The molecule has 5 nitrogen and oxygen atoms in total. The van der Waals surface area contributed by atoms with Crippen molar-refractivity contribution in [2.45, 2.75) is 39.2 Å². The van der Waals surface area contributed by atoms with Crippen molar-refractivity contribution in [3.05, 3.63) is 23.8 Å². The highest BCUT2D eigenvalue weighted by Gasteiger charge is 2.54. The first-order chi connectivity index (χ1) is 9.68. The minimum absolute atomic E-state index is 0.475. The van der Waals surface area contributed by atoms with Gasteiger partial charge in [-0.2, -0.15) is 0 Å². The molecule has 1 heterocycles. The molecule has 5 heteroatoms. The van der Waals surface area contributed by atoms with Gasteiger partial charge in [-0.15, -0.1) is 5.10 Å². The summed E-state index contributed by atoms with van der Waals surface area (Å²) in [5.74, 6) is 1.70. The second kappa shape index (κ2) is 4.04. The van der Waals surface area contributed by atoms with E-state index in [1.807, 2.05) is 16.8 Å². The molecule has 0 aliphatic heterocycles. The molecule has 4 rings (SSSR count). The summed E-state index contributed by atoms with van der Waals surface area (Å²) in [4.78, 5) is 0. The van der Waals surface area contributed by atoms with Gasteiger partial charge in [-0.1, -0.05) is 11.6 Å². The van der Waals surface area contributed by atoms with E-state index in [-0.39, 0.29) is 0 Å². The Morgan fingerprint density at radius 1 is 1.35 bits per heavy atom. The Morgan fingerprint density at radius 3 is 2.85 bits per heavy atom. The van der Waals surface area contributed by atoms with Crippen molar-refractivity contribution in [1.29, 1.82) is 0 Å². The molecule has 1 aromatic heterocycles. The molecule has 2 N–H and O–H groups in total. The van der Waals surface area contributed by atoms with Crippen LogP contribution in [0.5, 0.6) is 0 Å².